The van der Waals surface area contributed by atoms with Crippen LogP contribution in [0, 0.1) is 5.82 Å². The number of nitrogens with one attached hydrogen (secondary N) is 2. The van der Waals surface area contributed by atoms with Gasteiger partial charge in [0.15, 0.2) is 0 Å². The van der Waals surface area contributed by atoms with E-state index in [4.69, 9.17) is 0 Å². The second kappa shape index (κ2) is 5.92. The molecule has 20 heavy (non-hydrogen) atoms. The SMILES string of the molecule is CNc1ccc(NS(=O)(=O)Cc2ccc(F)cc2)cc1. The van der Waals surface area contributed by atoms with E-state index < -0.39 is 10.0 Å². The Morgan fingerprint density at radius 2 is 1.50 bits per heavy atom. The van der Waals surface area contributed by atoms with Crippen LogP contribution in [0.25, 0.3) is 0 Å². The van der Waals surface area contributed by atoms with Crippen LogP contribution in [0.5, 0.6) is 0 Å². The third kappa shape index (κ3) is 3.96. The molecule has 2 rings (SSSR count). The molecular formula is C14H15FN2O2S. The fraction of sp³-hybridized carbons (Fsp3) is 0.143. The lowest BCUT2D eigenvalue weighted by Crippen LogP contribution is -2.15. The van der Waals surface area contributed by atoms with Crippen LogP contribution in [0.15, 0.2) is 48.5 Å². The van der Waals surface area contributed by atoms with E-state index in [9.17, 15) is 12.8 Å². The van der Waals surface area contributed by atoms with Gasteiger partial charge < -0.3 is 5.32 Å². The Kier molecular flexibility index (Phi) is 4.24. The quantitative estimate of drug-likeness (QED) is 0.891. The van der Waals surface area contributed by atoms with Crippen LogP contribution >= 0.6 is 0 Å². The first-order chi connectivity index (χ1) is 9.48. The largest absolute Gasteiger partial charge is 0.388 e. The maximum absolute atomic E-state index is 12.8. The van der Waals surface area contributed by atoms with Gasteiger partial charge in [-0.2, -0.15) is 0 Å². The predicted octanol–water partition coefficient (Wildman–Crippen LogP) is 2.81. The molecule has 6 heteroatoms. The van der Waals surface area contributed by atoms with Crippen molar-refractivity contribution in [2.75, 3.05) is 17.1 Å². The molecule has 0 aliphatic rings. The van der Waals surface area contributed by atoms with E-state index >= 15 is 0 Å². The van der Waals surface area contributed by atoms with Crippen LogP contribution < -0.4 is 10.0 Å². The normalized spacial score (nSPS) is 11.1. The van der Waals surface area contributed by atoms with Crippen LogP contribution in [0.2, 0.25) is 0 Å². The molecular weight excluding hydrogens is 279 g/mol. The van der Waals surface area contributed by atoms with E-state index in [1.54, 1.807) is 31.3 Å². The van der Waals surface area contributed by atoms with Gasteiger partial charge in [0.1, 0.15) is 5.82 Å². The summed E-state index contributed by atoms with van der Waals surface area (Å²) >= 11 is 0. The van der Waals surface area contributed by atoms with Crippen LogP contribution in [-0.2, 0) is 15.8 Å². The van der Waals surface area contributed by atoms with Crippen LogP contribution in [0.4, 0.5) is 15.8 Å². The van der Waals surface area contributed by atoms with Crippen molar-refractivity contribution in [3.8, 4) is 0 Å². The molecule has 0 amide bonds. The van der Waals surface area contributed by atoms with Gasteiger partial charge in [-0.25, -0.2) is 12.8 Å². The summed E-state index contributed by atoms with van der Waals surface area (Å²) in [4.78, 5) is 0. The summed E-state index contributed by atoms with van der Waals surface area (Å²) in [6, 6.07) is 12.3. The molecule has 0 atom stereocenters. The molecule has 0 saturated heterocycles. The number of benzene rings is 2. The number of halogens is 1. The third-order valence-corrected chi connectivity index (χ3v) is 3.98. The predicted molar refractivity (Wildman–Crippen MR) is 78.6 cm³/mol. The van der Waals surface area contributed by atoms with Crippen LogP contribution in [0.3, 0.4) is 0 Å². The minimum atomic E-state index is -3.51. The van der Waals surface area contributed by atoms with Gasteiger partial charge >= 0.3 is 0 Å². The van der Waals surface area contributed by atoms with Crippen molar-refractivity contribution in [3.05, 3.63) is 59.9 Å². The fourth-order valence-electron chi connectivity index (χ4n) is 1.72. The van der Waals surface area contributed by atoms with Gasteiger partial charge in [-0.3, -0.25) is 4.72 Å². The number of sulfonamides is 1. The fourth-order valence-corrected chi connectivity index (χ4v) is 2.92. The first kappa shape index (κ1) is 14.3. The zero-order valence-corrected chi connectivity index (χ0v) is 11.7. The van der Waals surface area contributed by atoms with E-state index in [1.807, 2.05) is 0 Å². The summed E-state index contributed by atoms with van der Waals surface area (Å²) in [6.07, 6.45) is 0. The molecule has 0 aliphatic heterocycles. The maximum Gasteiger partial charge on any atom is 0.236 e. The van der Waals surface area contributed by atoms with E-state index in [2.05, 4.69) is 10.0 Å². The number of anilines is 2. The first-order valence-electron chi connectivity index (χ1n) is 6.01. The second-order valence-corrected chi connectivity index (χ2v) is 6.04. The number of rotatable bonds is 5. The monoisotopic (exact) mass is 294 g/mol. The van der Waals surface area contributed by atoms with E-state index in [1.165, 1.54) is 24.3 Å². The Morgan fingerprint density at radius 1 is 0.950 bits per heavy atom. The molecule has 106 valence electrons. The lowest BCUT2D eigenvalue weighted by Gasteiger charge is -2.09. The smallest absolute Gasteiger partial charge is 0.236 e. The summed E-state index contributed by atoms with van der Waals surface area (Å²) in [5, 5.41) is 2.95. The molecule has 0 radical (unpaired) electrons. The standard InChI is InChI=1S/C14H15FN2O2S/c1-16-13-6-8-14(9-7-13)17-20(18,19)10-11-2-4-12(15)5-3-11/h2-9,16-17H,10H2,1H3. The molecule has 0 aliphatic carbocycles. The van der Waals surface area contributed by atoms with Gasteiger partial charge in [-0.15, -0.1) is 0 Å². The van der Waals surface area contributed by atoms with Gasteiger partial charge in [0, 0.05) is 18.4 Å². The van der Waals surface area contributed by atoms with Crippen molar-refractivity contribution < 1.29 is 12.8 Å². The summed E-state index contributed by atoms with van der Waals surface area (Å²) in [6.45, 7) is 0. The Balaban J connectivity index is 2.08. The topological polar surface area (TPSA) is 58.2 Å². The van der Waals surface area contributed by atoms with Crippen molar-refractivity contribution in [1.82, 2.24) is 0 Å². The van der Waals surface area contributed by atoms with Crippen molar-refractivity contribution in [2.24, 2.45) is 0 Å². The molecule has 4 nitrogen and oxygen atoms in total. The maximum atomic E-state index is 12.8. The molecule has 2 aromatic carbocycles. The van der Waals surface area contributed by atoms with Gasteiger partial charge in [0.25, 0.3) is 0 Å². The number of hydrogen-bond donors (Lipinski definition) is 2. The molecule has 0 heterocycles. The zero-order valence-electron chi connectivity index (χ0n) is 10.9. The molecule has 2 aromatic rings. The van der Waals surface area contributed by atoms with Crippen molar-refractivity contribution in [1.29, 1.82) is 0 Å². The molecule has 0 spiro atoms. The molecule has 0 saturated carbocycles. The molecule has 0 fully saturated rings. The lowest BCUT2D eigenvalue weighted by molar-refractivity contribution is 0.600. The highest BCUT2D eigenvalue weighted by atomic mass is 32.2. The van der Waals surface area contributed by atoms with Gasteiger partial charge in [-0.05, 0) is 42.0 Å². The molecule has 0 aromatic heterocycles. The lowest BCUT2D eigenvalue weighted by atomic mass is 10.2. The summed E-state index contributed by atoms with van der Waals surface area (Å²) in [5.41, 5.74) is 1.92. The Hall–Kier alpha value is -2.08. The van der Waals surface area contributed by atoms with Crippen molar-refractivity contribution >= 4 is 21.4 Å². The summed E-state index contributed by atoms with van der Waals surface area (Å²) in [5.74, 6) is -0.581. The first-order valence-corrected chi connectivity index (χ1v) is 7.66. The highest BCUT2D eigenvalue weighted by molar-refractivity contribution is 7.91. The highest BCUT2D eigenvalue weighted by Gasteiger charge is 2.11. The molecule has 2 N–H and O–H groups in total. The highest BCUT2D eigenvalue weighted by Crippen LogP contribution is 2.16. The second-order valence-electron chi connectivity index (χ2n) is 4.31. The number of hydrogen-bond acceptors (Lipinski definition) is 3. The Labute approximate surface area is 117 Å². The minimum Gasteiger partial charge on any atom is -0.388 e. The molecule has 0 bridgehead atoms. The Morgan fingerprint density at radius 3 is 2.05 bits per heavy atom. The van der Waals surface area contributed by atoms with Crippen molar-refractivity contribution in [3.63, 3.8) is 0 Å². The van der Waals surface area contributed by atoms with Crippen molar-refractivity contribution in [2.45, 2.75) is 5.75 Å². The average Bonchev–Trinajstić information content (AvgIpc) is 2.41. The minimum absolute atomic E-state index is 0.193. The molecule has 0 unspecified atom stereocenters. The third-order valence-electron chi connectivity index (χ3n) is 2.72. The summed E-state index contributed by atoms with van der Waals surface area (Å²) < 4.78 is 39.2. The van der Waals surface area contributed by atoms with Crippen LogP contribution in [-0.4, -0.2) is 15.5 Å². The van der Waals surface area contributed by atoms with Gasteiger partial charge in [-0.1, -0.05) is 12.1 Å². The van der Waals surface area contributed by atoms with Gasteiger partial charge in [0.05, 0.1) is 5.75 Å². The van der Waals surface area contributed by atoms with E-state index in [0.717, 1.165) is 5.69 Å². The van der Waals surface area contributed by atoms with E-state index in [0.29, 0.717) is 11.3 Å². The Bertz CT molecular complexity index is 667. The van der Waals surface area contributed by atoms with E-state index in [-0.39, 0.29) is 11.6 Å². The zero-order chi connectivity index (χ0) is 14.6. The summed E-state index contributed by atoms with van der Waals surface area (Å²) in [7, 11) is -1.73. The van der Waals surface area contributed by atoms with Crippen LogP contribution in [0.1, 0.15) is 5.56 Å². The van der Waals surface area contributed by atoms with Gasteiger partial charge in [0.2, 0.25) is 10.0 Å². The average molecular weight is 294 g/mol.